The van der Waals surface area contributed by atoms with Gasteiger partial charge in [0.15, 0.2) is 17.4 Å². The SMILES string of the molecule is CCC(C)N1CC(C)(C)Oc2c(F)cc(-c3nc(Nc4ccc(N5CCCCS5(=O)=O)cn4)ncc3F)cc21. The maximum Gasteiger partial charge on any atom is 0.235 e. The minimum absolute atomic E-state index is 0.0616. The maximum atomic E-state index is 15.3. The highest BCUT2D eigenvalue weighted by molar-refractivity contribution is 7.92. The van der Waals surface area contributed by atoms with Crippen LogP contribution in [0.4, 0.5) is 31.9 Å². The zero-order valence-electron chi connectivity index (χ0n) is 22.4. The molecule has 0 saturated carbocycles. The van der Waals surface area contributed by atoms with E-state index in [4.69, 9.17) is 4.74 Å². The smallest absolute Gasteiger partial charge is 0.235 e. The van der Waals surface area contributed by atoms with Crippen LogP contribution in [0.15, 0.2) is 36.7 Å². The highest BCUT2D eigenvalue weighted by Crippen LogP contribution is 2.43. The van der Waals surface area contributed by atoms with Gasteiger partial charge in [0, 0.05) is 18.2 Å². The van der Waals surface area contributed by atoms with Crippen LogP contribution in [-0.4, -0.2) is 53.9 Å². The summed E-state index contributed by atoms with van der Waals surface area (Å²) in [7, 11) is -3.35. The summed E-state index contributed by atoms with van der Waals surface area (Å²) in [4.78, 5) is 14.7. The molecule has 0 radical (unpaired) electrons. The lowest BCUT2D eigenvalue weighted by atomic mass is 10.00. The van der Waals surface area contributed by atoms with Gasteiger partial charge in [0.1, 0.15) is 17.1 Å². The molecule has 4 heterocycles. The summed E-state index contributed by atoms with van der Waals surface area (Å²) in [5, 5.41) is 2.92. The van der Waals surface area contributed by atoms with Crippen molar-refractivity contribution in [1.29, 1.82) is 0 Å². The van der Waals surface area contributed by atoms with Gasteiger partial charge in [0.2, 0.25) is 16.0 Å². The summed E-state index contributed by atoms with van der Waals surface area (Å²) in [5.74, 6) is -0.635. The van der Waals surface area contributed by atoms with E-state index in [-0.39, 0.29) is 34.7 Å². The number of sulfonamides is 1. The van der Waals surface area contributed by atoms with Gasteiger partial charge >= 0.3 is 0 Å². The molecule has 2 aliphatic rings. The second-order valence-corrected chi connectivity index (χ2v) is 12.6. The molecule has 0 bridgehead atoms. The number of anilines is 4. The zero-order chi connectivity index (χ0) is 27.9. The average Bonchev–Trinajstić information content (AvgIpc) is 2.89. The molecule has 2 aliphatic heterocycles. The molecule has 39 heavy (non-hydrogen) atoms. The van der Waals surface area contributed by atoms with Gasteiger partial charge in [-0.2, -0.15) is 0 Å². The third-order valence-corrected chi connectivity index (χ3v) is 8.90. The summed E-state index contributed by atoms with van der Waals surface area (Å²) in [6.07, 6.45) is 4.74. The molecule has 1 atom stereocenters. The number of halogens is 2. The number of hydrogen-bond acceptors (Lipinski definition) is 8. The van der Waals surface area contributed by atoms with Crippen molar-refractivity contribution in [3.63, 3.8) is 0 Å². The second-order valence-electron chi connectivity index (χ2n) is 10.6. The van der Waals surface area contributed by atoms with Gasteiger partial charge in [-0.1, -0.05) is 6.92 Å². The van der Waals surface area contributed by atoms with E-state index < -0.39 is 27.3 Å². The molecule has 1 saturated heterocycles. The van der Waals surface area contributed by atoms with E-state index in [2.05, 4.69) is 39.0 Å². The van der Waals surface area contributed by atoms with Crippen molar-refractivity contribution < 1.29 is 21.9 Å². The Morgan fingerprint density at radius 3 is 2.62 bits per heavy atom. The van der Waals surface area contributed by atoms with Crippen LogP contribution in [0.2, 0.25) is 0 Å². The van der Waals surface area contributed by atoms with E-state index in [0.717, 1.165) is 19.0 Å². The number of nitrogens with zero attached hydrogens (tertiary/aromatic N) is 5. The minimum atomic E-state index is -3.35. The summed E-state index contributed by atoms with van der Waals surface area (Å²) in [6.45, 7) is 8.90. The summed E-state index contributed by atoms with van der Waals surface area (Å²) >= 11 is 0. The maximum absolute atomic E-state index is 15.3. The van der Waals surface area contributed by atoms with Crippen molar-refractivity contribution >= 4 is 33.2 Å². The number of aromatic nitrogens is 3. The Labute approximate surface area is 227 Å². The van der Waals surface area contributed by atoms with Crippen molar-refractivity contribution in [2.45, 2.75) is 58.6 Å². The lowest BCUT2D eigenvalue weighted by Gasteiger charge is -2.44. The summed E-state index contributed by atoms with van der Waals surface area (Å²) in [5.41, 5.74) is 0.623. The van der Waals surface area contributed by atoms with Gasteiger partial charge in [-0.3, -0.25) is 4.31 Å². The predicted octanol–water partition coefficient (Wildman–Crippen LogP) is 5.27. The molecule has 9 nitrogen and oxygen atoms in total. The van der Waals surface area contributed by atoms with E-state index in [1.54, 1.807) is 18.2 Å². The van der Waals surface area contributed by atoms with Crippen LogP contribution in [0.25, 0.3) is 11.3 Å². The van der Waals surface area contributed by atoms with E-state index in [9.17, 15) is 12.8 Å². The Morgan fingerprint density at radius 2 is 1.92 bits per heavy atom. The fourth-order valence-corrected chi connectivity index (χ4v) is 6.50. The highest BCUT2D eigenvalue weighted by atomic mass is 32.2. The first kappa shape index (κ1) is 27.0. The van der Waals surface area contributed by atoms with Crippen LogP contribution in [-0.2, 0) is 10.0 Å². The standard InChI is InChI=1S/C27H32F2N6O3S/c1-5-17(2)34-16-27(3,4)38-25-20(28)12-18(13-22(25)34)24-21(29)15-31-26(33-24)32-23-9-8-19(14-30-23)35-10-6-7-11-39(35,36)37/h8-9,12-15,17H,5-7,10-11,16H2,1-4H3,(H,30,31,32,33). The van der Waals surface area contributed by atoms with E-state index in [1.807, 2.05) is 13.8 Å². The van der Waals surface area contributed by atoms with Crippen molar-refractivity contribution in [2.24, 2.45) is 0 Å². The molecular weight excluding hydrogens is 526 g/mol. The molecule has 0 amide bonds. The number of benzene rings is 1. The Kier molecular flexibility index (Phi) is 7.08. The molecule has 208 valence electrons. The fraction of sp³-hybridized carbons (Fsp3) is 0.444. The predicted molar refractivity (Wildman–Crippen MR) is 147 cm³/mol. The minimum Gasteiger partial charge on any atom is -0.481 e. The van der Waals surface area contributed by atoms with Crippen molar-refractivity contribution in [3.05, 3.63) is 48.3 Å². The third kappa shape index (κ3) is 5.47. The number of hydrogen-bond donors (Lipinski definition) is 1. The molecule has 5 rings (SSSR count). The summed E-state index contributed by atoms with van der Waals surface area (Å²) < 4.78 is 62.3. The molecule has 0 spiro atoms. The Bertz CT molecular complexity index is 1480. The molecule has 1 fully saturated rings. The van der Waals surface area contributed by atoms with Crippen LogP contribution < -0.4 is 19.3 Å². The first-order chi connectivity index (χ1) is 18.5. The lowest BCUT2D eigenvalue weighted by Crippen LogP contribution is -2.50. The quantitative estimate of drug-likeness (QED) is 0.437. The average molecular weight is 559 g/mol. The lowest BCUT2D eigenvalue weighted by molar-refractivity contribution is 0.0960. The van der Waals surface area contributed by atoms with E-state index >= 15 is 4.39 Å². The number of rotatable bonds is 6. The third-order valence-electron chi connectivity index (χ3n) is 7.03. The van der Waals surface area contributed by atoms with Crippen molar-refractivity contribution in [2.75, 3.05) is 33.4 Å². The van der Waals surface area contributed by atoms with Crippen LogP contribution in [0.5, 0.6) is 5.75 Å². The van der Waals surface area contributed by atoms with Crippen molar-refractivity contribution in [1.82, 2.24) is 15.0 Å². The van der Waals surface area contributed by atoms with Crippen LogP contribution in [0, 0.1) is 11.6 Å². The van der Waals surface area contributed by atoms with E-state index in [0.29, 0.717) is 36.7 Å². The molecule has 3 aromatic rings. The van der Waals surface area contributed by atoms with Gasteiger partial charge < -0.3 is 15.0 Å². The normalized spacial score (nSPS) is 18.7. The second kappa shape index (κ2) is 10.2. The van der Waals surface area contributed by atoms with Crippen LogP contribution in [0.1, 0.15) is 47.0 Å². The van der Waals surface area contributed by atoms with Gasteiger partial charge in [-0.15, -0.1) is 0 Å². The molecule has 0 aliphatic carbocycles. The zero-order valence-corrected chi connectivity index (χ0v) is 23.2. The highest BCUT2D eigenvalue weighted by Gasteiger charge is 2.36. The number of fused-ring (bicyclic) bond motifs is 1. The number of pyridine rings is 1. The largest absolute Gasteiger partial charge is 0.481 e. The number of ether oxygens (including phenoxy) is 1. The van der Waals surface area contributed by atoms with Gasteiger partial charge in [-0.25, -0.2) is 32.2 Å². The summed E-state index contributed by atoms with van der Waals surface area (Å²) in [6, 6.07) is 6.28. The molecule has 1 unspecified atom stereocenters. The Hall–Kier alpha value is -3.54. The molecule has 1 aromatic carbocycles. The van der Waals surface area contributed by atoms with E-state index in [1.165, 1.54) is 16.6 Å². The van der Waals surface area contributed by atoms with Crippen molar-refractivity contribution in [3.8, 4) is 17.0 Å². The Morgan fingerprint density at radius 1 is 1.13 bits per heavy atom. The molecule has 2 aromatic heterocycles. The topological polar surface area (TPSA) is 101 Å². The first-order valence-corrected chi connectivity index (χ1v) is 14.6. The molecule has 1 N–H and O–H groups in total. The fourth-order valence-electron chi connectivity index (χ4n) is 4.88. The van der Waals surface area contributed by atoms with Crippen LogP contribution in [0.3, 0.4) is 0 Å². The monoisotopic (exact) mass is 558 g/mol. The molecule has 12 heteroatoms. The van der Waals surface area contributed by atoms with Crippen LogP contribution >= 0.6 is 0 Å². The van der Waals surface area contributed by atoms with Gasteiger partial charge in [0.25, 0.3) is 0 Å². The Balaban J connectivity index is 1.44. The first-order valence-electron chi connectivity index (χ1n) is 13.0. The van der Waals surface area contributed by atoms with Gasteiger partial charge in [-0.05, 0) is 64.3 Å². The molecular formula is C27H32F2N6O3S. The van der Waals surface area contributed by atoms with Gasteiger partial charge in [0.05, 0.1) is 36.1 Å². The number of nitrogens with one attached hydrogen (secondary N) is 1.